The van der Waals surface area contributed by atoms with Gasteiger partial charge >= 0.3 is 0 Å². The number of hydrogen-bond donors (Lipinski definition) is 0. The summed E-state index contributed by atoms with van der Waals surface area (Å²) in [4.78, 5) is 10.4. The third kappa shape index (κ3) is 7.26. The van der Waals surface area contributed by atoms with Crippen molar-refractivity contribution in [2.24, 2.45) is 5.92 Å². The minimum atomic E-state index is -0.0378. The minimum absolute atomic E-state index is 0.0378. The SMILES string of the molecule is C=C/C=C(\C=C/C)C(C)C=O.CC. The van der Waals surface area contributed by atoms with E-state index in [-0.39, 0.29) is 5.92 Å². The van der Waals surface area contributed by atoms with Crippen LogP contribution >= 0.6 is 0 Å². The van der Waals surface area contributed by atoms with Crippen LogP contribution in [0.4, 0.5) is 0 Å². The molecule has 1 heteroatoms. The highest BCUT2D eigenvalue weighted by Crippen LogP contribution is 2.09. The predicted octanol–water partition coefficient (Wildman–Crippen LogP) is 3.54. The molecule has 0 aliphatic heterocycles. The van der Waals surface area contributed by atoms with Crippen LogP contribution in [-0.4, -0.2) is 6.29 Å². The fourth-order valence-electron chi connectivity index (χ4n) is 0.766. The average molecular weight is 180 g/mol. The lowest BCUT2D eigenvalue weighted by Gasteiger charge is -2.02. The summed E-state index contributed by atoms with van der Waals surface area (Å²) in [5, 5.41) is 0. The van der Waals surface area contributed by atoms with Crippen LogP contribution < -0.4 is 0 Å². The molecule has 0 spiro atoms. The molecule has 74 valence electrons. The van der Waals surface area contributed by atoms with Crippen LogP contribution in [0.1, 0.15) is 27.7 Å². The highest BCUT2D eigenvalue weighted by Gasteiger charge is 2.01. The first kappa shape index (κ1) is 14.4. The number of allylic oxidation sites excluding steroid dienone is 5. The quantitative estimate of drug-likeness (QED) is 0.477. The van der Waals surface area contributed by atoms with Crippen molar-refractivity contribution in [3.8, 4) is 0 Å². The fourth-order valence-corrected chi connectivity index (χ4v) is 0.766. The number of aldehydes is 1. The molecule has 0 saturated carbocycles. The Morgan fingerprint density at radius 3 is 2.23 bits per heavy atom. The van der Waals surface area contributed by atoms with Crippen molar-refractivity contribution in [2.75, 3.05) is 0 Å². The minimum Gasteiger partial charge on any atom is -0.303 e. The van der Waals surface area contributed by atoms with Crippen molar-refractivity contribution >= 4 is 6.29 Å². The van der Waals surface area contributed by atoms with Gasteiger partial charge in [0.15, 0.2) is 0 Å². The van der Waals surface area contributed by atoms with Gasteiger partial charge in [0.1, 0.15) is 6.29 Å². The molecule has 1 atom stereocenters. The molecule has 1 unspecified atom stereocenters. The first-order valence-corrected chi connectivity index (χ1v) is 4.66. The molecule has 0 aromatic carbocycles. The lowest BCUT2D eigenvalue weighted by Crippen LogP contribution is -1.97. The van der Waals surface area contributed by atoms with Gasteiger partial charge in [-0.1, -0.05) is 51.7 Å². The van der Waals surface area contributed by atoms with E-state index in [4.69, 9.17) is 0 Å². The molecule has 0 aliphatic rings. The summed E-state index contributed by atoms with van der Waals surface area (Å²) in [5.74, 6) is -0.0378. The number of carbonyl (C=O) groups is 1. The highest BCUT2D eigenvalue weighted by molar-refractivity contribution is 5.60. The van der Waals surface area contributed by atoms with E-state index in [9.17, 15) is 4.79 Å². The Bertz CT molecular complexity index is 187. The van der Waals surface area contributed by atoms with Gasteiger partial charge in [0.2, 0.25) is 0 Å². The van der Waals surface area contributed by atoms with E-state index in [1.807, 2.05) is 45.9 Å². The lowest BCUT2D eigenvalue weighted by molar-refractivity contribution is -0.109. The molecule has 0 bridgehead atoms. The van der Waals surface area contributed by atoms with Crippen LogP contribution in [0.3, 0.4) is 0 Å². The van der Waals surface area contributed by atoms with Crippen LogP contribution in [0.5, 0.6) is 0 Å². The summed E-state index contributed by atoms with van der Waals surface area (Å²) in [6.45, 7) is 11.4. The zero-order valence-electron chi connectivity index (χ0n) is 9.08. The van der Waals surface area contributed by atoms with E-state index in [1.165, 1.54) is 0 Å². The molecule has 0 aromatic rings. The summed E-state index contributed by atoms with van der Waals surface area (Å²) < 4.78 is 0. The Kier molecular flexibility index (Phi) is 12.1. The van der Waals surface area contributed by atoms with Gasteiger partial charge in [-0.05, 0) is 12.5 Å². The van der Waals surface area contributed by atoms with E-state index >= 15 is 0 Å². The Balaban J connectivity index is 0. The molecule has 13 heavy (non-hydrogen) atoms. The molecule has 0 heterocycles. The molecule has 0 amide bonds. The summed E-state index contributed by atoms with van der Waals surface area (Å²) in [5.41, 5.74) is 0.998. The van der Waals surface area contributed by atoms with Crippen molar-refractivity contribution in [2.45, 2.75) is 27.7 Å². The van der Waals surface area contributed by atoms with Crippen LogP contribution in [0, 0.1) is 5.92 Å². The van der Waals surface area contributed by atoms with Crippen LogP contribution in [-0.2, 0) is 4.79 Å². The van der Waals surface area contributed by atoms with Crippen LogP contribution in [0.2, 0.25) is 0 Å². The van der Waals surface area contributed by atoms with Gasteiger partial charge in [0, 0.05) is 5.92 Å². The maximum Gasteiger partial charge on any atom is 0.127 e. The topological polar surface area (TPSA) is 17.1 Å². The van der Waals surface area contributed by atoms with E-state index in [1.54, 1.807) is 6.08 Å². The van der Waals surface area contributed by atoms with Crippen molar-refractivity contribution in [3.63, 3.8) is 0 Å². The smallest absolute Gasteiger partial charge is 0.127 e. The first-order valence-electron chi connectivity index (χ1n) is 4.66. The van der Waals surface area contributed by atoms with Gasteiger partial charge in [-0.15, -0.1) is 0 Å². The van der Waals surface area contributed by atoms with Gasteiger partial charge in [0.05, 0.1) is 0 Å². The number of rotatable bonds is 4. The number of carbonyl (C=O) groups excluding carboxylic acids is 1. The Morgan fingerprint density at radius 1 is 1.38 bits per heavy atom. The van der Waals surface area contributed by atoms with Gasteiger partial charge in [-0.25, -0.2) is 0 Å². The molecule has 0 aliphatic carbocycles. The monoisotopic (exact) mass is 180 g/mol. The average Bonchev–Trinajstić information content (AvgIpc) is 2.19. The Morgan fingerprint density at radius 2 is 1.92 bits per heavy atom. The van der Waals surface area contributed by atoms with Gasteiger partial charge in [0.25, 0.3) is 0 Å². The maximum absolute atomic E-state index is 10.4. The van der Waals surface area contributed by atoms with E-state index in [0.29, 0.717) is 0 Å². The van der Waals surface area contributed by atoms with E-state index in [2.05, 4.69) is 6.58 Å². The highest BCUT2D eigenvalue weighted by atomic mass is 16.1. The molecule has 0 fully saturated rings. The largest absolute Gasteiger partial charge is 0.303 e. The third-order valence-electron chi connectivity index (χ3n) is 1.40. The van der Waals surface area contributed by atoms with Gasteiger partial charge < -0.3 is 4.79 Å². The molecular weight excluding hydrogens is 160 g/mol. The Labute approximate surface area is 81.9 Å². The normalized spacial score (nSPS) is 13.1. The van der Waals surface area contributed by atoms with Crippen molar-refractivity contribution < 1.29 is 4.79 Å². The van der Waals surface area contributed by atoms with E-state index < -0.39 is 0 Å². The molecule has 0 rings (SSSR count). The zero-order valence-corrected chi connectivity index (χ0v) is 9.08. The standard InChI is InChI=1S/C10H14O.C2H6/c1-4-6-10(7-5-2)9(3)8-11;1-2/h4-9H,1H2,2-3H3;1-2H3/b7-5-,10-6+;. The molecule has 0 N–H and O–H groups in total. The van der Waals surface area contributed by atoms with Gasteiger partial charge in [-0.2, -0.15) is 0 Å². The second-order valence-electron chi connectivity index (χ2n) is 2.33. The second kappa shape index (κ2) is 10.9. The molecular formula is C12H20O. The summed E-state index contributed by atoms with van der Waals surface area (Å²) >= 11 is 0. The van der Waals surface area contributed by atoms with E-state index in [0.717, 1.165) is 11.9 Å². The zero-order chi connectivity index (χ0) is 10.7. The van der Waals surface area contributed by atoms with Crippen molar-refractivity contribution in [1.82, 2.24) is 0 Å². The first-order chi connectivity index (χ1) is 6.26. The number of hydrogen-bond acceptors (Lipinski definition) is 1. The fraction of sp³-hybridized carbons (Fsp3) is 0.417. The Hall–Kier alpha value is -1.11. The van der Waals surface area contributed by atoms with Crippen LogP contribution in [0.25, 0.3) is 0 Å². The summed E-state index contributed by atoms with van der Waals surface area (Å²) in [6, 6.07) is 0. The predicted molar refractivity (Wildman–Crippen MR) is 59.7 cm³/mol. The third-order valence-corrected chi connectivity index (χ3v) is 1.40. The second-order valence-corrected chi connectivity index (χ2v) is 2.33. The maximum atomic E-state index is 10.4. The molecule has 1 nitrogen and oxygen atoms in total. The van der Waals surface area contributed by atoms with Crippen molar-refractivity contribution in [3.05, 3.63) is 36.5 Å². The summed E-state index contributed by atoms with van der Waals surface area (Å²) in [6.07, 6.45) is 8.29. The van der Waals surface area contributed by atoms with Gasteiger partial charge in [-0.3, -0.25) is 0 Å². The molecule has 0 radical (unpaired) electrons. The molecule has 0 aromatic heterocycles. The summed E-state index contributed by atoms with van der Waals surface area (Å²) in [7, 11) is 0. The molecule has 0 saturated heterocycles. The lowest BCUT2D eigenvalue weighted by atomic mass is 10.0. The van der Waals surface area contributed by atoms with Crippen LogP contribution in [0.15, 0.2) is 36.5 Å². The van der Waals surface area contributed by atoms with Crippen molar-refractivity contribution in [1.29, 1.82) is 0 Å².